The molecule has 0 radical (unpaired) electrons. The third-order valence-corrected chi connectivity index (χ3v) is 7.54. The van der Waals surface area contributed by atoms with Gasteiger partial charge in [0.25, 0.3) is 0 Å². The van der Waals surface area contributed by atoms with Gasteiger partial charge in [0.05, 0.1) is 5.92 Å². The highest BCUT2D eigenvalue weighted by atomic mass is 19.1. The predicted octanol–water partition coefficient (Wildman–Crippen LogP) is 6.97. The smallest absolute Gasteiger partial charge is 0.307 e. The van der Waals surface area contributed by atoms with Crippen LogP contribution < -0.4 is 4.74 Å². The van der Waals surface area contributed by atoms with Gasteiger partial charge < -0.3 is 9.84 Å². The summed E-state index contributed by atoms with van der Waals surface area (Å²) in [7, 11) is 0. The first-order chi connectivity index (χ1) is 16.1. The Morgan fingerprint density at radius 3 is 2.59 bits per heavy atom. The summed E-state index contributed by atoms with van der Waals surface area (Å²) in [6.45, 7) is 8.75. The van der Waals surface area contributed by atoms with Crippen molar-refractivity contribution in [2.75, 3.05) is 0 Å². The van der Waals surface area contributed by atoms with Crippen molar-refractivity contribution in [1.82, 2.24) is 0 Å². The van der Waals surface area contributed by atoms with E-state index in [0.717, 1.165) is 52.8 Å². The van der Waals surface area contributed by atoms with Crippen molar-refractivity contribution in [1.29, 1.82) is 0 Å². The van der Waals surface area contributed by atoms with Crippen LogP contribution in [0.3, 0.4) is 0 Å². The topological polar surface area (TPSA) is 46.5 Å². The minimum Gasteiger partial charge on any atom is -0.489 e. The lowest BCUT2D eigenvalue weighted by atomic mass is 9.81. The molecule has 3 aromatic rings. The molecule has 2 atom stereocenters. The molecule has 1 saturated carbocycles. The fraction of sp³-hybridized carbons (Fsp3) is 0.367. The molecule has 0 aromatic heterocycles. The van der Waals surface area contributed by atoms with Gasteiger partial charge in [0.1, 0.15) is 18.2 Å². The molecule has 3 aromatic carbocycles. The fourth-order valence-electron chi connectivity index (χ4n) is 5.59. The number of halogens is 1. The maximum atomic E-state index is 14.8. The van der Waals surface area contributed by atoms with E-state index in [9.17, 15) is 14.3 Å². The Morgan fingerprint density at radius 2 is 1.88 bits per heavy atom. The summed E-state index contributed by atoms with van der Waals surface area (Å²) in [5, 5.41) is 9.50. The molecule has 0 unspecified atom stereocenters. The molecule has 1 fully saturated rings. The first kappa shape index (κ1) is 22.6. The molecule has 0 aliphatic heterocycles. The number of hydrogen-bond donors (Lipinski definition) is 1. The number of rotatable bonds is 5. The monoisotopic (exact) mass is 458 g/mol. The summed E-state index contributed by atoms with van der Waals surface area (Å²) < 4.78 is 21.0. The highest BCUT2D eigenvalue weighted by Crippen LogP contribution is 2.62. The van der Waals surface area contributed by atoms with Crippen LogP contribution in [0.25, 0.3) is 11.1 Å². The number of ether oxygens (including phenoxy) is 1. The molecule has 4 heteroatoms. The molecule has 0 bridgehead atoms. The van der Waals surface area contributed by atoms with Gasteiger partial charge in [-0.15, -0.1) is 0 Å². The molecule has 1 spiro atoms. The zero-order valence-electron chi connectivity index (χ0n) is 20.2. The van der Waals surface area contributed by atoms with Gasteiger partial charge in [-0.05, 0) is 89.8 Å². The fourth-order valence-corrected chi connectivity index (χ4v) is 5.59. The molecular formula is C30H31FO3. The third kappa shape index (κ3) is 3.89. The van der Waals surface area contributed by atoms with Gasteiger partial charge in [-0.3, -0.25) is 4.79 Å². The van der Waals surface area contributed by atoms with E-state index in [0.29, 0.717) is 12.2 Å². The van der Waals surface area contributed by atoms with Crippen LogP contribution in [-0.2, 0) is 28.7 Å². The number of carboxylic acid groups (broad SMARTS) is 1. The van der Waals surface area contributed by atoms with E-state index in [1.54, 1.807) is 6.07 Å². The zero-order valence-corrected chi connectivity index (χ0v) is 20.2. The van der Waals surface area contributed by atoms with E-state index < -0.39 is 5.97 Å². The van der Waals surface area contributed by atoms with Crippen molar-refractivity contribution in [3.8, 4) is 16.9 Å². The largest absolute Gasteiger partial charge is 0.489 e. The van der Waals surface area contributed by atoms with Gasteiger partial charge in [-0.1, -0.05) is 50.6 Å². The van der Waals surface area contributed by atoms with Crippen LogP contribution in [0.15, 0.2) is 54.6 Å². The van der Waals surface area contributed by atoms with Crippen LogP contribution in [0, 0.1) is 18.7 Å². The van der Waals surface area contributed by atoms with Crippen molar-refractivity contribution >= 4 is 5.97 Å². The maximum absolute atomic E-state index is 14.8. The molecule has 5 rings (SSSR count). The van der Waals surface area contributed by atoms with E-state index in [1.807, 2.05) is 37.3 Å². The molecule has 0 saturated heterocycles. The van der Waals surface area contributed by atoms with Crippen LogP contribution in [0.1, 0.15) is 61.4 Å². The highest BCUT2D eigenvalue weighted by Gasteiger charge is 2.61. The average Bonchev–Trinajstić information content (AvgIpc) is 3.43. The van der Waals surface area contributed by atoms with Gasteiger partial charge in [-0.25, -0.2) is 4.39 Å². The number of fused-ring (bicyclic) bond motifs is 2. The van der Waals surface area contributed by atoms with Crippen LogP contribution in [0.2, 0.25) is 0 Å². The summed E-state index contributed by atoms with van der Waals surface area (Å²) >= 11 is 0. The number of benzene rings is 3. The number of hydrogen-bond acceptors (Lipinski definition) is 2. The summed E-state index contributed by atoms with van der Waals surface area (Å²) in [6.07, 6.45) is 2.56. The average molecular weight is 459 g/mol. The SMILES string of the molecule is Cc1ccc(F)c(-c2cc(COc3ccc4c(c3)[C@]3(CC4)C[C@@H]3C(=O)O)ccc2C(C)(C)C)c1. The Kier molecular flexibility index (Phi) is 5.31. The molecule has 176 valence electrons. The summed E-state index contributed by atoms with van der Waals surface area (Å²) in [6, 6.07) is 17.5. The van der Waals surface area contributed by atoms with Crippen molar-refractivity contribution in [2.24, 2.45) is 5.92 Å². The van der Waals surface area contributed by atoms with Crippen molar-refractivity contribution in [3.63, 3.8) is 0 Å². The Balaban J connectivity index is 1.43. The second-order valence-electron chi connectivity index (χ2n) is 11.0. The molecule has 2 aliphatic rings. The van der Waals surface area contributed by atoms with Gasteiger partial charge >= 0.3 is 5.97 Å². The summed E-state index contributed by atoms with van der Waals surface area (Å²) in [5.74, 6) is -0.454. The van der Waals surface area contributed by atoms with Crippen LogP contribution in [0.5, 0.6) is 5.75 Å². The van der Waals surface area contributed by atoms with E-state index in [-0.39, 0.29) is 22.6 Å². The van der Waals surface area contributed by atoms with Gasteiger partial charge in [0.15, 0.2) is 0 Å². The van der Waals surface area contributed by atoms with Crippen molar-refractivity contribution < 1.29 is 19.0 Å². The first-order valence-electron chi connectivity index (χ1n) is 12.0. The van der Waals surface area contributed by atoms with Gasteiger partial charge in [0, 0.05) is 11.0 Å². The molecule has 3 nitrogen and oxygen atoms in total. The lowest BCUT2D eigenvalue weighted by Gasteiger charge is -2.24. The van der Waals surface area contributed by atoms with Crippen LogP contribution >= 0.6 is 0 Å². The predicted molar refractivity (Wildman–Crippen MR) is 132 cm³/mol. The minimum atomic E-state index is -0.700. The summed E-state index contributed by atoms with van der Waals surface area (Å²) in [4.78, 5) is 11.6. The molecule has 34 heavy (non-hydrogen) atoms. The first-order valence-corrected chi connectivity index (χ1v) is 12.0. The lowest BCUT2D eigenvalue weighted by molar-refractivity contribution is -0.139. The number of aryl methyl sites for hydroxylation is 2. The zero-order chi connectivity index (χ0) is 24.3. The van der Waals surface area contributed by atoms with E-state index in [2.05, 4.69) is 32.9 Å². The van der Waals surface area contributed by atoms with Gasteiger partial charge in [0.2, 0.25) is 0 Å². The normalized spacial score (nSPS) is 20.9. The van der Waals surface area contributed by atoms with Crippen molar-refractivity contribution in [3.05, 3.63) is 88.2 Å². The Morgan fingerprint density at radius 1 is 1.09 bits per heavy atom. The van der Waals surface area contributed by atoms with E-state index in [1.165, 1.54) is 11.6 Å². The molecular weight excluding hydrogens is 427 g/mol. The Labute approximate surface area is 200 Å². The molecule has 0 amide bonds. The van der Waals surface area contributed by atoms with E-state index in [4.69, 9.17) is 4.74 Å². The molecule has 2 aliphatic carbocycles. The maximum Gasteiger partial charge on any atom is 0.307 e. The quantitative estimate of drug-likeness (QED) is 0.449. The van der Waals surface area contributed by atoms with Crippen LogP contribution in [0.4, 0.5) is 4.39 Å². The van der Waals surface area contributed by atoms with Crippen LogP contribution in [-0.4, -0.2) is 11.1 Å². The minimum absolute atomic E-state index is 0.135. The second-order valence-corrected chi connectivity index (χ2v) is 11.0. The second kappa shape index (κ2) is 7.97. The Bertz CT molecular complexity index is 1290. The molecule has 1 N–H and O–H groups in total. The lowest BCUT2D eigenvalue weighted by Crippen LogP contribution is -2.14. The van der Waals surface area contributed by atoms with E-state index >= 15 is 0 Å². The highest BCUT2D eigenvalue weighted by molar-refractivity contribution is 5.78. The number of carboxylic acids is 1. The summed E-state index contributed by atoms with van der Waals surface area (Å²) in [5.41, 5.74) is 6.62. The number of aliphatic carboxylic acids is 1. The third-order valence-electron chi connectivity index (χ3n) is 7.54. The van der Waals surface area contributed by atoms with Gasteiger partial charge in [-0.2, -0.15) is 0 Å². The number of carbonyl (C=O) groups is 1. The molecule has 0 heterocycles. The van der Waals surface area contributed by atoms with Crippen molar-refractivity contribution in [2.45, 2.75) is 64.4 Å². The Hall–Kier alpha value is -3.14. The standard InChI is InChI=1S/C30H31FO3/c1-18-5-10-27(31)23(13-18)22-14-19(6-9-24(22)29(2,3)4)17-34-21-8-7-20-11-12-30(25(20)15-21)16-26(30)28(32)33/h5-10,13-15,26H,11-12,16-17H2,1-4H3,(H,32,33)/t26-,30+/m1/s1.